The first-order valence-electron chi connectivity index (χ1n) is 6.73. The van der Waals surface area contributed by atoms with Gasteiger partial charge in [0.15, 0.2) is 0 Å². The van der Waals surface area contributed by atoms with Crippen LogP contribution in [0.2, 0.25) is 0 Å². The van der Waals surface area contributed by atoms with E-state index in [-0.39, 0.29) is 6.04 Å². The van der Waals surface area contributed by atoms with Gasteiger partial charge >= 0.3 is 0 Å². The number of nitrogens with zero attached hydrogens (tertiary/aromatic N) is 3. The van der Waals surface area contributed by atoms with E-state index in [2.05, 4.69) is 51.7 Å². The zero-order valence-electron chi connectivity index (χ0n) is 11.3. The number of fused-ring (bicyclic) bond motifs is 1. The Hall–Kier alpha value is -2.33. The van der Waals surface area contributed by atoms with Crippen molar-refractivity contribution < 1.29 is 0 Å². The number of rotatable bonds is 4. The molecule has 1 atom stereocenters. The Labute approximate surface area is 117 Å². The summed E-state index contributed by atoms with van der Waals surface area (Å²) in [7, 11) is 0. The van der Waals surface area contributed by atoms with Crippen LogP contribution in [0.5, 0.6) is 0 Å². The van der Waals surface area contributed by atoms with E-state index in [0.29, 0.717) is 0 Å². The molecular weight excluding hydrogens is 248 g/mol. The van der Waals surface area contributed by atoms with Gasteiger partial charge in [0.2, 0.25) is 0 Å². The van der Waals surface area contributed by atoms with Crippen molar-refractivity contribution in [2.75, 3.05) is 6.54 Å². The van der Waals surface area contributed by atoms with Gasteiger partial charge < -0.3 is 5.32 Å². The van der Waals surface area contributed by atoms with Crippen LogP contribution in [0.1, 0.15) is 24.1 Å². The van der Waals surface area contributed by atoms with E-state index < -0.39 is 0 Å². The molecular formula is C16H16N4. The molecule has 0 aliphatic carbocycles. The van der Waals surface area contributed by atoms with Crippen LogP contribution >= 0.6 is 0 Å². The molecule has 0 aliphatic heterocycles. The third-order valence-electron chi connectivity index (χ3n) is 3.32. The zero-order chi connectivity index (χ0) is 13.8. The third-order valence-corrected chi connectivity index (χ3v) is 3.32. The van der Waals surface area contributed by atoms with Crippen molar-refractivity contribution in [3.05, 3.63) is 66.1 Å². The molecule has 100 valence electrons. The van der Waals surface area contributed by atoms with Crippen LogP contribution in [0.4, 0.5) is 0 Å². The van der Waals surface area contributed by atoms with Gasteiger partial charge in [-0.1, -0.05) is 31.2 Å². The summed E-state index contributed by atoms with van der Waals surface area (Å²) in [6.07, 6.45) is 5.35. The average Bonchev–Trinajstić information content (AvgIpc) is 2.53. The molecule has 0 amide bonds. The fourth-order valence-electron chi connectivity index (χ4n) is 2.44. The van der Waals surface area contributed by atoms with E-state index in [4.69, 9.17) is 0 Å². The van der Waals surface area contributed by atoms with Gasteiger partial charge in [0, 0.05) is 17.8 Å². The molecule has 0 aliphatic rings. The SMILES string of the molecule is CCNC(c1ccnnc1)c1cccc2cccnc12. The molecule has 0 saturated carbocycles. The fraction of sp³-hybridized carbons (Fsp3) is 0.188. The van der Waals surface area contributed by atoms with Crippen molar-refractivity contribution in [3.63, 3.8) is 0 Å². The van der Waals surface area contributed by atoms with Crippen LogP contribution in [0.15, 0.2) is 55.0 Å². The number of hydrogen-bond acceptors (Lipinski definition) is 4. The van der Waals surface area contributed by atoms with E-state index in [1.165, 1.54) is 0 Å². The van der Waals surface area contributed by atoms with E-state index in [0.717, 1.165) is 28.6 Å². The summed E-state index contributed by atoms with van der Waals surface area (Å²) in [5, 5.41) is 12.5. The first-order valence-corrected chi connectivity index (χ1v) is 6.73. The van der Waals surface area contributed by atoms with Crippen molar-refractivity contribution in [1.82, 2.24) is 20.5 Å². The Balaban J connectivity index is 2.15. The number of benzene rings is 1. The van der Waals surface area contributed by atoms with Crippen LogP contribution in [0.25, 0.3) is 10.9 Å². The summed E-state index contributed by atoms with van der Waals surface area (Å²) >= 11 is 0. The van der Waals surface area contributed by atoms with Crippen LogP contribution in [-0.2, 0) is 0 Å². The van der Waals surface area contributed by atoms with Crippen molar-refractivity contribution in [2.24, 2.45) is 0 Å². The second kappa shape index (κ2) is 5.75. The van der Waals surface area contributed by atoms with Crippen molar-refractivity contribution >= 4 is 10.9 Å². The molecule has 2 aromatic heterocycles. The molecule has 2 heterocycles. The van der Waals surface area contributed by atoms with Crippen LogP contribution in [-0.4, -0.2) is 21.7 Å². The van der Waals surface area contributed by atoms with Gasteiger partial charge in [0.1, 0.15) is 0 Å². The maximum absolute atomic E-state index is 4.53. The standard InChI is InChI=1S/C16H16N4/c1-2-17-16(13-8-10-19-20-11-13)14-7-3-5-12-6-4-9-18-15(12)14/h3-11,16-17H,2H2,1H3. The zero-order valence-corrected chi connectivity index (χ0v) is 11.3. The highest BCUT2D eigenvalue weighted by Gasteiger charge is 2.16. The lowest BCUT2D eigenvalue weighted by Gasteiger charge is -2.19. The van der Waals surface area contributed by atoms with Crippen LogP contribution in [0, 0.1) is 0 Å². The molecule has 3 rings (SSSR count). The molecule has 20 heavy (non-hydrogen) atoms. The van der Waals surface area contributed by atoms with Gasteiger partial charge in [-0.3, -0.25) is 4.98 Å². The monoisotopic (exact) mass is 264 g/mol. The van der Waals surface area contributed by atoms with E-state index in [1.807, 2.05) is 18.3 Å². The smallest absolute Gasteiger partial charge is 0.0753 e. The van der Waals surface area contributed by atoms with Gasteiger partial charge in [-0.15, -0.1) is 0 Å². The quantitative estimate of drug-likeness (QED) is 0.787. The summed E-state index contributed by atoms with van der Waals surface area (Å²) in [4.78, 5) is 4.53. The van der Waals surface area contributed by atoms with E-state index in [9.17, 15) is 0 Å². The highest BCUT2D eigenvalue weighted by atomic mass is 15.1. The van der Waals surface area contributed by atoms with Crippen molar-refractivity contribution in [3.8, 4) is 0 Å². The summed E-state index contributed by atoms with van der Waals surface area (Å²) in [6.45, 7) is 2.97. The van der Waals surface area contributed by atoms with Crippen molar-refractivity contribution in [1.29, 1.82) is 0 Å². The van der Waals surface area contributed by atoms with E-state index >= 15 is 0 Å². The molecule has 3 aromatic rings. The molecule has 1 N–H and O–H groups in total. The summed E-state index contributed by atoms with van der Waals surface area (Å²) in [6, 6.07) is 12.4. The lowest BCUT2D eigenvalue weighted by atomic mass is 9.97. The second-order valence-electron chi connectivity index (χ2n) is 4.59. The lowest BCUT2D eigenvalue weighted by molar-refractivity contribution is 0.629. The summed E-state index contributed by atoms with van der Waals surface area (Å²) in [5.74, 6) is 0. The Morgan fingerprint density at radius 2 is 1.95 bits per heavy atom. The first kappa shape index (κ1) is 12.7. The molecule has 1 aromatic carbocycles. The number of hydrogen-bond donors (Lipinski definition) is 1. The molecule has 0 spiro atoms. The number of aromatic nitrogens is 3. The van der Waals surface area contributed by atoms with Crippen LogP contribution < -0.4 is 5.32 Å². The highest BCUT2D eigenvalue weighted by molar-refractivity contribution is 5.82. The summed E-state index contributed by atoms with van der Waals surface area (Å²) in [5.41, 5.74) is 3.29. The fourth-order valence-corrected chi connectivity index (χ4v) is 2.44. The normalized spacial score (nSPS) is 12.4. The topological polar surface area (TPSA) is 50.7 Å². The van der Waals surface area contributed by atoms with Gasteiger partial charge in [-0.25, -0.2) is 0 Å². The number of para-hydroxylation sites is 1. The maximum atomic E-state index is 4.53. The maximum Gasteiger partial charge on any atom is 0.0753 e. The number of pyridine rings is 1. The highest BCUT2D eigenvalue weighted by Crippen LogP contribution is 2.26. The van der Waals surface area contributed by atoms with Gasteiger partial charge in [0.05, 0.1) is 17.8 Å². The minimum atomic E-state index is 0.0779. The second-order valence-corrected chi connectivity index (χ2v) is 4.59. The largest absolute Gasteiger partial charge is 0.306 e. The Bertz CT molecular complexity index is 692. The minimum absolute atomic E-state index is 0.0779. The van der Waals surface area contributed by atoms with Crippen LogP contribution in [0.3, 0.4) is 0 Å². The lowest BCUT2D eigenvalue weighted by Crippen LogP contribution is -2.22. The molecule has 0 bridgehead atoms. The van der Waals surface area contributed by atoms with E-state index in [1.54, 1.807) is 12.4 Å². The van der Waals surface area contributed by atoms with Gasteiger partial charge in [0.25, 0.3) is 0 Å². The minimum Gasteiger partial charge on any atom is -0.306 e. The average molecular weight is 264 g/mol. The predicted molar refractivity (Wildman–Crippen MR) is 79.3 cm³/mol. The predicted octanol–water partition coefficient (Wildman–Crippen LogP) is 2.72. The molecule has 1 unspecified atom stereocenters. The van der Waals surface area contributed by atoms with Gasteiger partial charge in [-0.05, 0) is 29.8 Å². The Kier molecular flexibility index (Phi) is 3.65. The Morgan fingerprint density at radius 1 is 1.05 bits per heavy atom. The molecule has 0 fully saturated rings. The molecule has 4 nitrogen and oxygen atoms in total. The molecule has 0 saturated heterocycles. The van der Waals surface area contributed by atoms with Gasteiger partial charge in [-0.2, -0.15) is 10.2 Å². The molecule has 4 heteroatoms. The summed E-state index contributed by atoms with van der Waals surface area (Å²) < 4.78 is 0. The van der Waals surface area contributed by atoms with Crippen molar-refractivity contribution in [2.45, 2.75) is 13.0 Å². The third kappa shape index (κ3) is 2.38. The number of nitrogens with one attached hydrogen (secondary N) is 1. The first-order chi connectivity index (χ1) is 9.90. The molecule has 0 radical (unpaired) electrons. The Morgan fingerprint density at radius 3 is 2.75 bits per heavy atom.